The lowest BCUT2D eigenvalue weighted by Crippen LogP contribution is -1.91. The zero-order valence-corrected chi connectivity index (χ0v) is 12.2. The van der Waals surface area contributed by atoms with Crippen LogP contribution in [-0.2, 0) is 0 Å². The van der Waals surface area contributed by atoms with Crippen LogP contribution >= 0.6 is 11.3 Å². The molecule has 0 aliphatic carbocycles. The lowest BCUT2D eigenvalue weighted by atomic mass is 10.1. The van der Waals surface area contributed by atoms with Crippen molar-refractivity contribution in [3.63, 3.8) is 0 Å². The molecule has 102 valence electrons. The summed E-state index contributed by atoms with van der Waals surface area (Å²) in [6.07, 6.45) is 1.79. The Morgan fingerprint density at radius 2 is 2.00 bits per heavy atom. The molecule has 3 aromatic rings. The fourth-order valence-electron chi connectivity index (χ4n) is 1.98. The molecule has 0 unspecified atom stereocenters. The summed E-state index contributed by atoms with van der Waals surface area (Å²) >= 11 is 1.33. The minimum absolute atomic E-state index is 0.425. The van der Waals surface area contributed by atoms with Crippen molar-refractivity contribution < 1.29 is 4.52 Å². The molecule has 0 spiro atoms. The van der Waals surface area contributed by atoms with Crippen molar-refractivity contribution in [2.24, 2.45) is 0 Å². The SMILES string of the molecule is Cc1cnc(-c2noc(-c3sc(N)nc3C)n2)c(C)c1. The first-order valence-electron chi connectivity index (χ1n) is 6.05. The third-order valence-electron chi connectivity index (χ3n) is 2.86. The Hall–Kier alpha value is -2.28. The number of hydrogen-bond donors (Lipinski definition) is 1. The van der Waals surface area contributed by atoms with Gasteiger partial charge in [-0.2, -0.15) is 4.98 Å². The molecule has 0 amide bonds. The Morgan fingerprint density at radius 3 is 2.65 bits per heavy atom. The van der Waals surface area contributed by atoms with Crippen LogP contribution in [0.3, 0.4) is 0 Å². The van der Waals surface area contributed by atoms with Crippen molar-refractivity contribution >= 4 is 16.5 Å². The van der Waals surface area contributed by atoms with Gasteiger partial charge in [-0.25, -0.2) is 4.98 Å². The first-order chi connectivity index (χ1) is 9.54. The van der Waals surface area contributed by atoms with E-state index in [1.807, 2.05) is 26.8 Å². The van der Waals surface area contributed by atoms with Gasteiger partial charge in [0, 0.05) is 6.20 Å². The molecule has 2 N–H and O–H groups in total. The maximum atomic E-state index is 5.68. The van der Waals surface area contributed by atoms with Gasteiger partial charge < -0.3 is 10.3 Å². The first kappa shape index (κ1) is 12.7. The summed E-state index contributed by atoms with van der Waals surface area (Å²) in [5.41, 5.74) is 9.30. The summed E-state index contributed by atoms with van der Waals surface area (Å²) in [5, 5.41) is 4.48. The highest BCUT2D eigenvalue weighted by Crippen LogP contribution is 2.31. The van der Waals surface area contributed by atoms with Crippen LogP contribution in [0.5, 0.6) is 0 Å². The number of nitrogens with zero attached hydrogens (tertiary/aromatic N) is 4. The van der Waals surface area contributed by atoms with Gasteiger partial charge in [0.05, 0.1) is 5.69 Å². The van der Waals surface area contributed by atoms with Gasteiger partial charge in [-0.15, -0.1) is 0 Å². The number of pyridine rings is 1. The Labute approximate surface area is 119 Å². The monoisotopic (exact) mass is 287 g/mol. The Kier molecular flexibility index (Phi) is 2.98. The van der Waals surface area contributed by atoms with Gasteiger partial charge in [0.15, 0.2) is 5.13 Å². The second-order valence-corrected chi connectivity index (χ2v) is 5.60. The smallest absolute Gasteiger partial charge is 0.270 e. The zero-order valence-electron chi connectivity index (χ0n) is 11.3. The van der Waals surface area contributed by atoms with E-state index in [4.69, 9.17) is 10.3 Å². The van der Waals surface area contributed by atoms with Gasteiger partial charge in [-0.3, -0.25) is 4.98 Å². The molecule has 0 bridgehead atoms. The maximum absolute atomic E-state index is 5.68. The third kappa shape index (κ3) is 2.16. The molecule has 3 rings (SSSR count). The molecule has 0 atom stereocenters. The van der Waals surface area contributed by atoms with E-state index in [0.29, 0.717) is 16.8 Å². The van der Waals surface area contributed by atoms with Crippen LogP contribution in [0.2, 0.25) is 0 Å². The molecule has 0 radical (unpaired) electrons. The number of thiazole rings is 1. The van der Waals surface area contributed by atoms with Gasteiger partial charge in [-0.1, -0.05) is 22.6 Å². The summed E-state index contributed by atoms with van der Waals surface area (Å²) in [5.74, 6) is 0.900. The summed E-state index contributed by atoms with van der Waals surface area (Å²) < 4.78 is 5.30. The summed E-state index contributed by atoms with van der Waals surface area (Å²) in [6.45, 7) is 5.83. The van der Waals surface area contributed by atoms with Crippen LogP contribution in [0.4, 0.5) is 5.13 Å². The van der Waals surface area contributed by atoms with Crippen molar-refractivity contribution in [3.05, 3.63) is 29.1 Å². The lowest BCUT2D eigenvalue weighted by Gasteiger charge is -2.00. The second kappa shape index (κ2) is 4.68. The fraction of sp³-hybridized carbons (Fsp3) is 0.231. The highest BCUT2D eigenvalue weighted by molar-refractivity contribution is 7.18. The normalized spacial score (nSPS) is 10.9. The number of anilines is 1. The van der Waals surface area contributed by atoms with Gasteiger partial charge in [-0.05, 0) is 31.9 Å². The zero-order chi connectivity index (χ0) is 14.3. The van der Waals surface area contributed by atoms with Crippen LogP contribution in [0.1, 0.15) is 16.8 Å². The molecule has 0 aliphatic heterocycles. The molecule has 20 heavy (non-hydrogen) atoms. The van der Waals surface area contributed by atoms with Crippen LogP contribution < -0.4 is 5.73 Å². The average molecular weight is 287 g/mol. The van der Waals surface area contributed by atoms with Gasteiger partial charge in [0.1, 0.15) is 10.6 Å². The minimum atomic E-state index is 0.425. The number of hydrogen-bond acceptors (Lipinski definition) is 7. The van der Waals surface area contributed by atoms with E-state index in [2.05, 4.69) is 20.1 Å². The van der Waals surface area contributed by atoms with Crippen molar-refractivity contribution in [1.29, 1.82) is 0 Å². The van der Waals surface area contributed by atoms with E-state index < -0.39 is 0 Å². The molecule has 3 aromatic heterocycles. The van der Waals surface area contributed by atoms with Gasteiger partial charge in [0.25, 0.3) is 5.89 Å². The van der Waals surface area contributed by atoms with E-state index in [1.54, 1.807) is 6.20 Å². The highest BCUT2D eigenvalue weighted by Gasteiger charge is 2.17. The fourth-order valence-corrected chi connectivity index (χ4v) is 2.73. The van der Waals surface area contributed by atoms with E-state index >= 15 is 0 Å². The quantitative estimate of drug-likeness (QED) is 0.779. The minimum Gasteiger partial charge on any atom is -0.375 e. The Balaban J connectivity index is 2.04. The van der Waals surface area contributed by atoms with Gasteiger partial charge in [0.2, 0.25) is 5.82 Å². The van der Waals surface area contributed by atoms with E-state index in [0.717, 1.165) is 27.4 Å². The second-order valence-electron chi connectivity index (χ2n) is 4.57. The lowest BCUT2D eigenvalue weighted by molar-refractivity contribution is 0.432. The summed E-state index contributed by atoms with van der Waals surface area (Å²) in [6, 6.07) is 2.04. The third-order valence-corrected chi connectivity index (χ3v) is 3.83. The first-order valence-corrected chi connectivity index (χ1v) is 6.87. The summed E-state index contributed by atoms with van der Waals surface area (Å²) in [4.78, 5) is 13.7. The Morgan fingerprint density at radius 1 is 1.20 bits per heavy atom. The molecule has 3 heterocycles. The largest absolute Gasteiger partial charge is 0.375 e. The van der Waals surface area contributed by atoms with Crippen LogP contribution in [-0.4, -0.2) is 20.1 Å². The number of aryl methyl sites for hydroxylation is 3. The predicted octanol–water partition coefficient (Wildman–Crippen LogP) is 2.76. The van der Waals surface area contributed by atoms with Crippen LogP contribution in [0.25, 0.3) is 22.3 Å². The van der Waals surface area contributed by atoms with E-state index in [1.165, 1.54) is 11.3 Å². The Bertz CT molecular complexity index is 777. The van der Waals surface area contributed by atoms with Crippen LogP contribution in [0, 0.1) is 20.8 Å². The number of nitrogen functional groups attached to an aromatic ring is 1. The maximum Gasteiger partial charge on any atom is 0.270 e. The molecule has 0 saturated carbocycles. The number of rotatable bonds is 2. The molecule has 7 heteroatoms. The van der Waals surface area contributed by atoms with Crippen molar-refractivity contribution in [1.82, 2.24) is 20.1 Å². The highest BCUT2D eigenvalue weighted by atomic mass is 32.1. The van der Waals surface area contributed by atoms with Crippen molar-refractivity contribution in [2.75, 3.05) is 5.73 Å². The standard InChI is InChI=1S/C13H13N5OS/c1-6-4-7(2)9(15-5-6)11-17-12(19-18-11)10-8(3)16-13(14)20-10/h4-5H,1-3H3,(H2,14,16). The molecule has 0 fully saturated rings. The molecular weight excluding hydrogens is 274 g/mol. The van der Waals surface area contributed by atoms with Gasteiger partial charge >= 0.3 is 0 Å². The van der Waals surface area contributed by atoms with Crippen LogP contribution in [0.15, 0.2) is 16.8 Å². The molecule has 0 saturated heterocycles. The number of nitrogens with two attached hydrogens (primary N) is 1. The van der Waals surface area contributed by atoms with Crippen molar-refractivity contribution in [3.8, 4) is 22.3 Å². The molecular formula is C13H13N5OS. The molecule has 6 nitrogen and oxygen atoms in total. The molecule has 0 aliphatic rings. The topological polar surface area (TPSA) is 90.7 Å². The van der Waals surface area contributed by atoms with E-state index in [-0.39, 0.29) is 0 Å². The predicted molar refractivity (Wildman–Crippen MR) is 77.3 cm³/mol. The number of aromatic nitrogens is 4. The van der Waals surface area contributed by atoms with Crippen molar-refractivity contribution in [2.45, 2.75) is 20.8 Å². The molecule has 0 aromatic carbocycles. The average Bonchev–Trinajstić information content (AvgIpc) is 2.96. The summed E-state index contributed by atoms with van der Waals surface area (Å²) in [7, 11) is 0. The van der Waals surface area contributed by atoms with E-state index in [9.17, 15) is 0 Å².